The summed E-state index contributed by atoms with van der Waals surface area (Å²) in [6.45, 7) is 3.79. The molecular formula is C11H15ClN6O. The number of rotatable bonds is 5. The van der Waals surface area contributed by atoms with Crippen molar-refractivity contribution in [3.63, 3.8) is 0 Å². The molecule has 2 heterocycles. The fraction of sp³-hybridized carbons (Fsp3) is 0.455. The lowest BCUT2D eigenvalue weighted by molar-refractivity contribution is 0.218. The van der Waals surface area contributed by atoms with Crippen LogP contribution < -0.4 is 5.32 Å². The minimum absolute atomic E-state index is 0.0378. The molecule has 1 unspecified atom stereocenters. The molecule has 0 amide bonds. The van der Waals surface area contributed by atoms with E-state index in [1.165, 1.54) is 4.68 Å². The Balaban J connectivity index is 2.32. The lowest BCUT2D eigenvalue weighted by Gasteiger charge is -2.27. The summed E-state index contributed by atoms with van der Waals surface area (Å²) in [5, 5.41) is 16.5. The summed E-state index contributed by atoms with van der Waals surface area (Å²) in [5.74, 6) is 0.632. The topological polar surface area (TPSA) is 88.8 Å². The van der Waals surface area contributed by atoms with E-state index in [2.05, 4.69) is 25.4 Å². The van der Waals surface area contributed by atoms with Gasteiger partial charge in [-0.05, 0) is 31.0 Å². The van der Waals surface area contributed by atoms with Crippen molar-refractivity contribution < 1.29 is 5.11 Å². The number of nitrogens with zero attached hydrogens (tertiary/aromatic N) is 5. The highest BCUT2D eigenvalue weighted by Gasteiger charge is 2.22. The van der Waals surface area contributed by atoms with Crippen molar-refractivity contribution in [3.8, 4) is 5.95 Å². The van der Waals surface area contributed by atoms with Crippen molar-refractivity contribution in [3.05, 3.63) is 23.7 Å². The summed E-state index contributed by atoms with van der Waals surface area (Å²) in [5.41, 5.74) is -0.508. The summed E-state index contributed by atoms with van der Waals surface area (Å²) in [7, 11) is 0. The van der Waals surface area contributed by atoms with Gasteiger partial charge in [0.25, 0.3) is 5.95 Å². The van der Waals surface area contributed by atoms with Gasteiger partial charge in [-0.3, -0.25) is 0 Å². The number of aliphatic hydroxyl groups is 1. The monoisotopic (exact) mass is 282 g/mol. The molecule has 0 spiro atoms. The smallest absolute Gasteiger partial charge is 0.256 e. The number of nitrogens with one attached hydrogen (secondary N) is 1. The lowest BCUT2D eigenvalue weighted by atomic mass is 10.0. The molecule has 2 aromatic heterocycles. The van der Waals surface area contributed by atoms with Gasteiger partial charge in [0, 0.05) is 12.4 Å². The third-order valence-corrected chi connectivity index (χ3v) is 3.02. The maximum Gasteiger partial charge on any atom is 0.256 e. The Kier molecular flexibility index (Phi) is 3.96. The standard InChI is InChI=1S/C11H15ClN6O/c1-3-11(2,7-19)17-9-14-8(12)15-10(16-9)18-6-4-5-13-18/h4-6,19H,3,7H2,1-2H3,(H,14,15,16,17). The van der Waals surface area contributed by atoms with Gasteiger partial charge in [-0.2, -0.15) is 20.1 Å². The number of hydrogen-bond acceptors (Lipinski definition) is 6. The molecule has 2 N–H and O–H groups in total. The zero-order valence-electron chi connectivity index (χ0n) is 10.7. The van der Waals surface area contributed by atoms with E-state index < -0.39 is 5.54 Å². The Labute approximate surface area is 115 Å². The van der Waals surface area contributed by atoms with Crippen LogP contribution in [0.5, 0.6) is 0 Å². The first kappa shape index (κ1) is 13.7. The Morgan fingerprint density at radius 2 is 2.21 bits per heavy atom. The highest BCUT2D eigenvalue weighted by atomic mass is 35.5. The molecule has 0 fully saturated rings. The molecule has 0 aliphatic carbocycles. The van der Waals surface area contributed by atoms with Gasteiger partial charge in [-0.1, -0.05) is 6.92 Å². The predicted octanol–water partition coefficient (Wildman–Crippen LogP) is 1.28. The highest BCUT2D eigenvalue weighted by molar-refractivity contribution is 6.28. The van der Waals surface area contributed by atoms with Crippen LogP contribution in [0.1, 0.15) is 20.3 Å². The molecule has 0 aliphatic rings. The number of anilines is 1. The van der Waals surface area contributed by atoms with E-state index in [9.17, 15) is 5.11 Å². The third kappa shape index (κ3) is 3.18. The van der Waals surface area contributed by atoms with Crippen molar-refractivity contribution in [1.29, 1.82) is 0 Å². The van der Waals surface area contributed by atoms with Crippen molar-refractivity contribution in [1.82, 2.24) is 24.7 Å². The Bertz CT molecular complexity index is 540. The molecule has 0 radical (unpaired) electrons. The van der Waals surface area contributed by atoms with Gasteiger partial charge in [0.2, 0.25) is 11.2 Å². The second-order valence-electron chi connectivity index (χ2n) is 4.38. The van der Waals surface area contributed by atoms with Gasteiger partial charge in [0.05, 0.1) is 12.1 Å². The fourth-order valence-electron chi connectivity index (χ4n) is 1.39. The van der Waals surface area contributed by atoms with E-state index in [1.54, 1.807) is 18.5 Å². The fourth-order valence-corrected chi connectivity index (χ4v) is 1.55. The molecule has 0 saturated carbocycles. The van der Waals surface area contributed by atoms with E-state index in [-0.39, 0.29) is 11.9 Å². The normalized spacial score (nSPS) is 14.1. The second kappa shape index (κ2) is 5.50. The van der Waals surface area contributed by atoms with E-state index in [1.807, 2.05) is 13.8 Å². The number of halogens is 1. The molecule has 8 heteroatoms. The van der Waals surface area contributed by atoms with Crippen LogP contribution in [-0.4, -0.2) is 42.0 Å². The first-order valence-electron chi connectivity index (χ1n) is 5.87. The quantitative estimate of drug-likeness (QED) is 0.859. The zero-order chi connectivity index (χ0) is 13.9. The molecule has 0 aliphatic heterocycles. The van der Waals surface area contributed by atoms with E-state index >= 15 is 0 Å². The third-order valence-electron chi connectivity index (χ3n) is 2.85. The van der Waals surface area contributed by atoms with Crippen LogP contribution in [0.3, 0.4) is 0 Å². The summed E-state index contributed by atoms with van der Waals surface area (Å²) in [6.07, 6.45) is 4.04. The lowest BCUT2D eigenvalue weighted by Crippen LogP contribution is -2.38. The summed E-state index contributed by atoms with van der Waals surface area (Å²) < 4.78 is 1.49. The molecular weight excluding hydrogens is 268 g/mol. The predicted molar refractivity (Wildman–Crippen MR) is 71.4 cm³/mol. The van der Waals surface area contributed by atoms with E-state index in [0.717, 1.165) is 0 Å². The van der Waals surface area contributed by atoms with E-state index in [0.29, 0.717) is 18.3 Å². The van der Waals surface area contributed by atoms with Gasteiger partial charge in [0.15, 0.2) is 0 Å². The first-order chi connectivity index (χ1) is 9.06. The van der Waals surface area contributed by atoms with Crippen LogP contribution in [0.2, 0.25) is 5.28 Å². The average Bonchev–Trinajstić information content (AvgIpc) is 2.92. The van der Waals surface area contributed by atoms with Crippen molar-refractivity contribution in [2.75, 3.05) is 11.9 Å². The molecule has 0 saturated heterocycles. The first-order valence-corrected chi connectivity index (χ1v) is 6.25. The van der Waals surface area contributed by atoms with Gasteiger partial charge < -0.3 is 10.4 Å². The molecule has 102 valence electrons. The highest BCUT2D eigenvalue weighted by Crippen LogP contribution is 2.16. The van der Waals surface area contributed by atoms with Crippen molar-refractivity contribution in [2.45, 2.75) is 25.8 Å². The Morgan fingerprint density at radius 1 is 1.42 bits per heavy atom. The maximum atomic E-state index is 9.38. The van der Waals surface area contributed by atoms with Crippen LogP contribution in [0.15, 0.2) is 18.5 Å². The summed E-state index contributed by atoms with van der Waals surface area (Å²) in [6, 6.07) is 1.76. The van der Waals surface area contributed by atoms with Gasteiger partial charge >= 0.3 is 0 Å². The minimum atomic E-state index is -0.508. The molecule has 1 atom stereocenters. The Hall–Kier alpha value is -1.73. The second-order valence-corrected chi connectivity index (χ2v) is 4.71. The van der Waals surface area contributed by atoms with Gasteiger partial charge in [0.1, 0.15) is 0 Å². The maximum absolute atomic E-state index is 9.38. The van der Waals surface area contributed by atoms with Crippen LogP contribution in [-0.2, 0) is 0 Å². The molecule has 0 bridgehead atoms. The number of aromatic nitrogens is 5. The molecule has 2 rings (SSSR count). The Morgan fingerprint density at radius 3 is 2.79 bits per heavy atom. The summed E-state index contributed by atoms with van der Waals surface area (Å²) >= 11 is 5.88. The summed E-state index contributed by atoms with van der Waals surface area (Å²) in [4.78, 5) is 12.2. The number of aliphatic hydroxyl groups excluding tert-OH is 1. The van der Waals surface area contributed by atoms with E-state index in [4.69, 9.17) is 11.6 Å². The molecule has 19 heavy (non-hydrogen) atoms. The minimum Gasteiger partial charge on any atom is -0.394 e. The zero-order valence-corrected chi connectivity index (χ0v) is 11.5. The molecule has 7 nitrogen and oxygen atoms in total. The SMILES string of the molecule is CCC(C)(CO)Nc1nc(Cl)nc(-n2cccn2)n1. The molecule has 2 aromatic rings. The number of hydrogen-bond donors (Lipinski definition) is 2. The van der Waals surface area contributed by atoms with Gasteiger partial charge in [-0.15, -0.1) is 0 Å². The van der Waals surface area contributed by atoms with Crippen LogP contribution in [0.4, 0.5) is 5.95 Å². The van der Waals surface area contributed by atoms with Crippen LogP contribution in [0.25, 0.3) is 5.95 Å². The molecule has 0 aromatic carbocycles. The van der Waals surface area contributed by atoms with Crippen LogP contribution >= 0.6 is 11.6 Å². The van der Waals surface area contributed by atoms with Crippen molar-refractivity contribution in [2.24, 2.45) is 0 Å². The average molecular weight is 283 g/mol. The largest absolute Gasteiger partial charge is 0.394 e. The van der Waals surface area contributed by atoms with Crippen molar-refractivity contribution >= 4 is 17.5 Å². The van der Waals surface area contributed by atoms with Gasteiger partial charge in [-0.25, -0.2) is 4.68 Å². The van der Waals surface area contributed by atoms with Crippen LogP contribution in [0, 0.1) is 0 Å².